The topological polar surface area (TPSA) is 67.5 Å². The number of benzene rings is 1. The van der Waals surface area contributed by atoms with Crippen molar-refractivity contribution in [2.45, 2.75) is 0 Å². The standard InChI is InChI=1S/C9H11N3O2/c1-10-9(11-2)7-3-5-8(6-4-7)12(13)14/h3-6H,1-2H3,(H,10,11). The zero-order valence-electron chi connectivity index (χ0n) is 8.02. The molecule has 0 atom stereocenters. The Morgan fingerprint density at radius 1 is 1.43 bits per heavy atom. The van der Waals surface area contributed by atoms with Gasteiger partial charge in [-0.3, -0.25) is 15.1 Å². The molecule has 0 saturated carbocycles. The lowest BCUT2D eigenvalue weighted by Gasteiger charge is -2.03. The van der Waals surface area contributed by atoms with Crippen LogP contribution in [0, 0.1) is 10.1 Å². The van der Waals surface area contributed by atoms with Crippen molar-refractivity contribution < 1.29 is 4.92 Å². The summed E-state index contributed by atoms with van der Waals surface area (Å²) < 4.78 is 0. The Labute approximate surface area is 81.6 Å². The maximum atomic E-state index is 10.4. The molecule has 0 aliphatic rings. The van der Waals surface area contributed by atoms with Gasteiger partial charge in [0, 0.05) is 31.8 Å². The second-order valence-corrected chi connectivity index (χ2v) is 2.63. The predicted molar refractivity (Wildman–Crippen MR) is 54.6 cm³/mol. The third-order valence-electron chi connectivity index (χ3n) is 1.81. The molecule has 1 rings (SSSR count). The van der Waals surface area contributed by atoms with Gasteiger partial charge in [-0.2, -0.15) is 0 Å². The van der Waals surface area contributed by atoms with Gasteiger partial charge in [0.1, 0.15) is 5.84 Å². The molecule has 0 spiro atoms. The lowest BCUT2D eigenvalue weighted by Crippen LogP contribution is -2.19. The van der Waals surface area contributed by atoms with Gasteiger partial charge in [-0.1, -0.05) is 0 Å². The van der Waals surface area contributed by atoms with Gasteiger partial charge in [-0.05, 0) is 12.1 Å². The van der Waals surface area contributed by atoms with Crippen LogP contribution in [-0.2, 0) is 0 Å². The van der Waals surface area contributed by atoms with E-state index in [0.29, 0.717) is 5.84 Å². The summed E-state index contributed by atoms with van der Waals surface area (Å²) in [6.07, 6.45) is 0. The number of hydrogen-bond donors (Lipinski definition) is 1. The third-order valence-corrected chi connectivity index (χ3v) is 1.81. The lowest BCUT2D eigenvalue weighted by atomic mass is 10.2. The number of rotatable bonds is 2. The molecule has 0 unspecified atom stereocenters. The van der Waals surface area contributed by atoms with Crippen LogP contribution in [0.1, 0.15) is 5.56 Å². The van der Waals surface area contributed by atoms with E-state index in [-0.39, 0.29) is 5.69 Å². The summed E-state index contributed by atoms with van der Waals surface area (Å²) in [5.41, 5.74) is 0.918. The molecule has 0 heterocycles. The molecule has 1 aromatic carbocycles. The van der Waals surface area contributed by atoms with Gasteiger partial charge in [0.2, 0.25) is 0 Å². The first-order valence-corrected chi connectivity index (χ1v) is 4.08. The molecule has 0 bridgehead atoms. The smallest absolute Gasteiger partial charge is 0.269 e. The fraction of sp³-hybridized carbons (Fsp3) is 0.222. The van der Waals surface area contributed by atoms with E-state index in [4.69, 9.17) is 0 Å². The Morgan fingerprint density at radius 2 is 2.00 bits per heavy atom. The molecule has 74 valence electrons. The number of aliphatic imine (C=N–C) groups is 1. The van der Waals surface area contributed by atoms with Crippen LogP contribution in [0.2, 0.25) is 0 Å². The molecule has 0 fully saturated rings. The highest BCUT2D eigenvalue weighted by Gasteiger charge is 2.05. The van der Waals surface area contributed by atoms with Gasteiger partial charge in [0.25, 0.3) is 5.69 Å². The number of nitro benzene ring substituents is 1. The Kier molecular flexibility index (Phi) is 3.17. The van der Waals surface area contributed by atoms with Crippen LogP contribution in [0.4, 0.5) is 5.69 Å². The highest BCUT2D eigenvalue weighted by Crippen LogP contribution is 2.11. The van der Waals surface area contributed by atoms with Crippen molar-refractivity contribution in [1.29, 1.82) is 0 Å². The summed E-state index contributed by atoms with van der Waals surface area (Å²) in [6, 6.07) is 6.24. The monoisotopic (exact) mass is 193 g/mol. The van der Waals surface area contributed by atoms with Gasteiger partial charge < -0.3 is 5.32 Å². The van der Waals surface area contributed by atoms with Crippen LogP contribution in [0.5, 0.6) is 0 Å². The second-order valence-electron chi connectivity index (χ2n) is 2.63. The molecule has 0 aliphatic heterocycles. The number of non-ortho nitro benzene ring substituents is 1. The number of nitrogens with one attached hydrogen (secondary N) is 1. The molecular weight excluding hydrogens is 182 g/mol. The fourth-order valence-corrected chi connectivity index (χ4v) is 1.13. The van der Waals surface area contributed by atoms with Crippen LogP contribution in [0.15, 0.2) is 29.3 Å². The van der Waals surface area contributed by atoms with Gasteiger partial charge in [0.05, 0.1) is 4.92 Å². The normalized spacial score (nSPS) is 11.1. The van der Waals surface area contributed by atoms with Crippen molar-refractivity contribution in [2.75, 3.05) is 14.1 Å². The molecule has 0 aliphatic carbocycles. The average Bonchev–Trinajstić information content (AvgIpc) is 2.20. The van der Waals surface area contributed by atoms with Gasteiger partial charge in [0.15, 0.2) is 0 Å². The maximum Gasteiger partial charge on any atom is 0.269 e. The summed E-state index contributed by atoms with van der Waals surface area (Å²) in [7, 11) is 3.41. The van der Waals surface area contributed by atoms with Crippen LogP contribution in [0.3, 0.4) is 0 Å². The highest BCUT2D eigenvalue weighted by atomic mass is 16.6. The Balaban J connectivity index is 2.99. The molecule has 0 saturated heterocycles. The van der Waals surface area contributed by atoms with Crippen molar-refractivity contribution >= 4 is 11.5 Å². The van der Waals surface area contributed by atoms with E-state index in [0.717, 1.165) is 5.56 Å². The van der Waals surface area contributed by atoms with Gasteiger partial charge in [-0.25, -0.2) is 0 Å². The quantitative estimate of drug-likeness (QED) is 0.332. The fourth-order valence-electron chi connectivity index (χ4n) is 1.13. The van der Waals surface area contributed by atoms with Crippen LogP contribution >= 0.6 is 0 Å². The van der Waals surface area contributed by atoms with Crippen LogP contribution in [-0.4, -0.2) is 24.9 Å². The third kappa shape index (κ3) is 2.07. The van der Waals surface area contributed by atoms with Crippen molar-refractivity contribution in [2.24, 2.45) is 4.99 Å². The Bertz CT molecular complexity index is 357. The van der Waals surface area contributed by atoms with E-state index in [1.165, 1.54) is 12.1 Å². The molecule has 1 aromatic rings. The van der Waals surface area contributed by atoms with Gasteiger partial charge >= 0.3 is 0 Å². The summed E-state index contributed by atoms with van der Waals surface area (Å²) in [4.78, 5) is 13.9. The van der Waals surface area contributed by atoms with E-state index in [1.54, 1.807) is 26.2 Å². The zero-order valence-corrected chi connectivity index (χ0v) is 8.02. The minimum atomic E-state index is -0.425. The summed E-state index contributed by atoms with van der Waals surface area (Å²) in [6.45, 7) is 0. The molecule has 1 N–H and O–H groups in total. The minimum absolute atomic E-state index is 0.0836. The van der Waals surface area contributed by atoms with E-state index in [1.807, 2.05) is 0 Å². The van der Waals surface area contributed by atoms with E-state index in [9.17, 15) is 10.1 Å². The molecule has 0 aromatic heterocycles. The predicted octanol–water partition coefficient (Wildman–Crippen LogP) is 1.19. The lowest BCUT2D eigenvalue weighted by molar-refractivity contribution is -0.384. The van der Waals surface area contributed by atoms with Crippen LogP contribution in [0.25, 0.3) is 0 Å². The molecule has 5 heteroatoms. The van der Waals surface area contributed by atoms with Gasteiger partial charge in [-0.15, -0.1) is 0 Å². The first kappa shape index (κ1) is 10.2. The number of nitrogens with zero attached hydrogens (tertiary/aromatic N) is 2. The first-order valence-electron chi connectivity index (χ1n) is 4.08. The summed E-state index contributed by atoms with van der Waals surface area (Å²) >= 11 is 0. The Hall–Kier alpha value is -1.91. The van der Waals surface area contributed by atoms with E-state index >= 15 is 0 Å². The maximum absolute atomic E-state index is 10.4. The number of nitro groups is 1. The van der Waals surface area contributed by atoms with E-state index in [2.05, 4.69) is 10.3 Å². The Morgan fingerprint density at radius 3 is 2.36 bits per heavy atom. The number of hydrogen-bond acceptors (Lipinski definition) is 3. The average molecular weight is 193 g/mol. The molecule has 0 radical (unpaired) electrons. The molecule has 14 heavy (non-hydrogen) atoms. The summed E-state index contributed by atoms with van der Waals surface area (Å²) in [5.74, 6) is 0.708. The molecule has 5 nitrogen and oxygen atoms in total. The molecule has 0 amide bonds. The largest absolute Gasteiger partial charge is 0.373 e. The van der Waals surface area contributed by atoms with Crippen molar-refractivity contribution in [3.63, 3.8) is 0 Å². The SMILES string of the molecule is CN=C(NC)c1ccc([N+](=O)[O-])cc1. The number of amidine groups is 1. The minimum Gasteiger partial charge on any atom is -0.373 e. The first-order chi connectivity index (χ1) is 6.69. The summed E-state index contributed by atoms with van der Waals surface area (Å²) in [5, 5.41) is 13.3. The van der Waals surface area contributed by atoms with Crippen LogP contribution < -0.4 is 5.32 Å². The van der Waals surface area contributed by atoms with E-state index < -0.39 is 4.92 Å². The highest BCUT2D eigenvalue weighted by molar-refractivity contribution is 5.98. The van der Waals surface area contributed by atoms with Crippen molar-refractivity contribution in [3.8, 4) is 0 Å². The van der Waals surface area contributed by atoms with Crippen molar-refractivity contribution in [1.82, 2.24) is 5.32 Å². The zero-order chi connectivity index (χ0) is 10.6. The molecular formula is C9H11N3O2. The van der Waals surface area contributed by atoms with Crippen molar-refractivity contribution in [3.05, 3.63) is 39.9 Å². The second kappa shape index (κ2) is 4.36.